The van der Waals surface area contributed by atoms with Gasteiger partial charge in [-0.1, -0.05) is 23.7 Å². The van der Waals surface area contributed by atoms with Gasteiger partial charge in [0.2, 0.25) is 0 Å². The molecular formula is C14H9ClF3NO2. The lowest BCUT2D eigenvalue weighted by atomic mass is 10.0. The van der Waals surface area contributed by atoms with E-state index in [1.54, 1.807) is 0 Å². The van der Waals surface area contributed by atoms with Crippen molar-refractivity contribution in [2.75, 3.05) is 7.11 Å². The third kappa shape index (κ3) is 3.16. The fourth-order valence-electron chi connectivity index (χ4n) is 1.80. The van der Waals surface area contributed by atoms with Gasteiger partial charge in [-0.2, -0.15) is 13.2 Å². The molecular weight excluding hydrogens is 307 g/mol. The predicted octanol–water partition coefficient (Wildman–Crippen LogP) is 4.21. The minimum atomic E-state index is -4.49. The number of hydrogen-bond acceptors (Lipinski definition) is 3. The maximum absolute atomic E-state index is 12.8. The molecule has 0 radical (unpaired) electrons. The summed E-state index contributed by atoms with van der Waals surface area (Å²) in [6.45, 7) is 0. The van der Waals surface area contributed by atoms with Crippen LogP contribution in [0.25, 0.3) is 11.3 Å². The molecule has 0 aliphatic heterocycles. The Kier molecular flexibility index (Phi) is 4.18. The third-order valence-corrected chi connectivity index (χ3v) is 3.07. The van der Waals surface area contributed by atoms with Crippen LogP contribution in [0.2, 0.25) is 5.02 Å². The molecule has 21 heavy (non-hydrogen) atoms. The molecule has 0 aliphatic carbocycles. The number of ether oxygens (including phenoxy) is 1. The highest BCUT2D eigenvalue weighted by Crippen LogP contribution is 2.33. The molecule has 0 unspecified atom stereocenters. The lowest BCUT2D eigenvalue weighted by Gasteiger charge is -2.11. The normalized spacial score (nSPS) is 11.3. The molecule has 0 amide bonds. The molecule has 2 rings (SSSR count). The quantitative estimate of drug-likeness (QED) is 0.779. The van der Waals surface area contributed by atoms with Crippen molar-refractivity contribution in [1.29, 1.82) is 0 Å². The second-order valence-electron chi connectivity index (χ2n) is 4.09. The summed E-state index contributed by atoms with van der Waals surface area (Å²) in [5, 5.41) is 0.0595. The average molecular weight is 316 g/mol. The van der Waals surface area contributed by atoms with E-state index in [4.69, 9.17) is 11.6 Å². The highest BCUT2D eigenvalue weighted by Gasteiger charge is 2.31. The number of carbonyl (C=O) groups is 1. The van der Waals surface area contributed by atoms with Crippen LogP contribution in [-0.2, 0) is 10.9 Å². The van der Waals surface area contributed by atoms with Crippen LogP contribution in [0.15, 0.2) is 36.5 Å². The number of esters is 1. The van der Waals surface area contributed by atoms with E-state index in [0.717, 1.165) is 19.2 Å². The van der Waals surface area contributed by atoms with Crippen LogP contribution in [0.1, 0.15) is 15.9 Å². The number of halogens is 4. The maximum atomic E-state index is 12.8. The van der Waals surface area contributed by atoms with Gasteiger partial charge in [0.25, 0.3) is 0 Å². The monoisotopic (exact) mass is 315 g/mol. The largest absolute Gasteiger partial charge is 0.465 e. The first-order valence-corrected chi connectivity index (χ1v) is 6.13. The van der Waals surface area contributed by atoms with Crippen molar-refractivity contribution >= 4 is 17.6 Å². The van der Waals surface area contributed by atoms with Crippen LogP contribution in [-0.4, -0.2) is 18.1 Å². The van der Waals surface area contributed by atoms with Gasteiger partial charge < -0.3 is 4.74 Å². The molecule has 0 atom stereocenters. The number of alkyl halides is 3. The van der Waals surface area contributed by atoms with Gasteiger partial charge >= 0.3 is 12.1 Å². The number of carbonyl (C=O) groups excluding carboxylic acids is 1. The van der Waals surface area contributed by atoms with Crippen LogP contribution in [0, 0.1) is 0 Å². The summed E-state index contributed by atoms with van der Waals surface area (Å²) in [5.41, 5.74) is -0.730. The number of benzene rings is 1. The number of methoxy groups -OCH3 is 1. The summed E-state index contributed by atoms with van der Waals surface area (Å²) < 4.78 is 42.8. The van der Waals surface area contributed by atoms with E-state index >= 15 is 0 Å². The van der Waals surface area contributed by atoms with E-state index < -0.39 is 17.7 Å². The SMILES string of the molecule is COC(=O)c1c(Cl)ccnc1-c1cccc(C(F)(F)F)c1. The Morgan fingerprint density at radius 1 is 1.29 bits per heavy atom. The van der Waals surface area contributed by atoms with Crippen molar-refractivity contribution < 1.29 is 22.7 Å². The summed E-state index contributed by atoms with van der Waals surface area (Å²) in [7, 11) is 1.15. The van der Waals surface area contributed by atoms with Crippen LogP contribution in [0.4, 0.5) is 13.2 Å². The number of pyridine rings is 1. The van der Waals surface area contributed by atoms with Crippen molar-refractivity contribution in [3.63, 3.8) is 0 Å². The van der Waals surface area contributed by atoms with Crippen molar-refractivity contribution in [1.82, 2.24) is 4.98 Å². The lowest BCUT2D eigenvalue weighted by Crippen LogP contribution is -2.08. The van der Waals surface area contributed by atoms with E-state index in [0.29, 0.717) is 0 Å². The zero-order valence-corrected chi connectivity index (χ0v) is 11.5. The molecule has 0 aliphatic rings. The van der Waals surface area contributed by atoms with Gasteiger partial charge in [-0.15, -0.1) is 0 Å². The van der Waals surface area contributed by atoms with Crippen LogP contribution >= 0.6 is 11.6 Å². The highest BCUT2D eigenvalue weighted by atomic mass is 35.5. The first-order chi connectivity index (χ1) is 9.84. The van der Waals surface area contributed by atoms with Crippen molar-refractivity contribution in [2.45, 2.75) is 6.18 Å². The molecule has 0 spiro atoms. The first-order valence-electron chi connectivity index (χ1n) is 5.75. The maximum Gasteiger partial charge on any atom is 0.416 e. The van der Waals surface area contributed by atoms with Gasteiger partial charge in [-0.05, 0) is 18.2 Å². The van der Waals surface area contributed by atoms with Crippen LogP contribution in [0.3, 0.4) is 0 Å². The van der Waals surface area contributed by atoms with Crippen molar-refractivity contribution in [3.8, 4) is 11.3 Å². The van der Waals surface area contributed by atoms with Gasteiger partial charge in [0.05, 0.1) is 23.4 Å². The van der Waals surface area contributed by atoms with Gasteiger partial charge in [0.15, 0.2) is 0 Å². The fourth-order valence-corrected chi connectivity index (χ4v) is 2.02. The number of nitrogens with zero attached hydrogens (tertiary/aromatic N) is 1. The van der Waals surface area contributed by atoms with E-state index in [9.17, 15) is 18.0 Å². The van der Waals surface area contributed by atoms with E-state index in [1.165, 1.54) is 24.4 Å². The summed E-state index contributed by atoms with van der Waals surface area (Å²) in [6, 6.07) is 5.87. The van der Waals surface area contributed by atoms with Crippen LogP contribution < -0.4 is 0 Å². The van der Waals surface area contributed by atoms with Crippen LogP contribution in [0.5, 0.6) is 0 Å². The zero-order chi connectivity index (χ0) is 15.6. The van der Waals surface area contributed by atoms with Gasteiger partial charge in [-0.3, -0.25) is 4.98 Å². The zero-order valence-electron chi connectivity index (χ0n) is 10.7. The summed E-state index contributed by atoms with van der Waals surface area (Å²) in [4.78, 5) is 15.7. The minimum Gasteiger partial charge on any atom is -0.465 e. The third-order valence-electron chi connectivity index (χ3n) is 2.75. The second kappa shape index (κ2) is 5.73. The van der Waals surface area contributed by atoms with E-state index in [1.807, 2.05) is 0 Å². The van der Waals surface area contributed by atoms with Gasteiger partial charge in [-0.25, -0.2) is 4.79 Å². The summed E-state index contributed by atoms with van der Waals surface area (Å²) >= 11 is 5.92. The predicted molar refractivity (Wildman–Crippen MR) is 71.0 cm³/mol. The van der Waals surface area contributed by atoms with Gasteiger partial charge in [0.1, 0.15) is 5.56 Å². The standard InChI is InChI=1S/C14H9ClF3NO2/c1-21-13(20)11-10(15)5-6-19-12(11)8-3-2-4-9(7-8)14(16,17)18/h2-7H,1H3. The Morgan fingerprint density at radius 3 is 2.62 bits per heavy atom. The molecule has 1 aromatic heterocycles. The number of hydrogen-bond donors (Lipinski definition) is 0. The van der Waals surface area contributed by atoms with Crippen molar-refractivity contribution in [3.05, 3.63) is 52.7 Å². The van der Waals surface area contributed by atoms with E-state index in [-0.39, 0.29) is 21.8 Å². The number of aromatic nitrogens is 1. The Bertz CT molecular complexity index is 686. The molecule has 1 heterocycles. The fraction of sp³-hybridized carbons (Fsp3) is 0.143. The molecule has 0 saturated heterocycles. The summed E-state index contributed by atoms with van der Waals surface area (Å²) in [6.07, 6.45) is -3.18. The molecule has 1 aromatic carbocycles. The molecule has 7 heteroatoms. The molecule has 0 saturated carbocycles. The Labute approximate surface area is 123 Å². The molecule has 0 bridgehead atoms. The smallest absolute Gasteiger partial charge is 0.416 e. The molecule has 110 valence electrons. The Balaban J connectivity index is 2.63. The molecule has 0 N–H and O–H groups in total. The van der Waals surface area contributed by atoms with Crippen molar-refractivity contribution in [2.24, 2.45) is 0 Å². The topological polar surface area (TPSA) is 39.2 Å². The number of rotatable bonds is 2. The Morgan fingerprint density at radius 2 is 2.00 bits per heavy atom. The highest BCUT2D eigenvalue weighted by molar-refractivity contribution is 6.34. The molecule has 0 fully saturated rings. The second-order valence-corrected chi connectivity index (χ2v) is 4.49. The van der Waals surface area contributed by atoms with Gasteiger partial charge in [0, 0.05) is 11.8 Å². The Hall–Kier alpha value is -2.08. The first kappa shape index (κ1) is 15.3. The lowest BCUT2D eigenvalue weighted by molar-refractivity contribution is -0.137. The molecule has 3 nitrogen and oxygen atoms in total. The molecule has 2 aromatic rings. The minimum absolute atomic E-state index is 0.0421. The van der Waals surface area contributed by atoms with E-state index in [2.05, 4.69) is 9.72 Å². The average Bonchev–Trinajstić information content (AvgIpc) is 2.45. The summed E-state index contributed by atoms with van der Waals surface area (Å²) in [5.74, 6) is -0.763.